The number of aryl methyl sites for hydroxylation is 4. The van der Waals surface area contributed by atoms with E-state index in [9.17, 15) is 0 Å². The number of rotatable bonds is 15. The van der Waals surface area contributed by atoms with Crippen LogP contribution in [0.5, 0.6) is 0 Å². The van der Waals surface area contributed by atoms with Gasteiger partial charge in [0.05, 0.1) is 0 Å². The van der Waals surface area contributed by atoms with Crippen molar-refractivity contribution in [3.05, 3.63) is 270 Å². The molecule has 0 aliphatic heterocycles. The molecule has 0 aliphatic carbocycles. The van der Waals surface area contributed by atoms with Gasteiger partial charge < -0.3 is 14.7 Å². The molecule has 0 aliphatic rings. The predicted molar refractivity (Wildman–Crippen MR) is 272 cm³/mol. The lowest BCUT2D eigenvalue weighted by molar-refractivity contribution is 0.621. The van der Waals surface area contributed by atoms with E-state index in [1.807, 2.05) is 0 Å². The summed E-state index contributed by atoms with van der Waals surface area (Å²) in [6, 6.07) is 86.0. The quantitative estimate of drug-likeness (QED) is 0.102. The molecule has 0 heterocycles. The first kappa shape index (κ1) is 41.7. The van der Waals surface area contributed by atoms with E-state index in [0.717, 1.165) is 70.4 Å². The average molecular weight is 830 g/mol. The van der Waals surface area contributed by atoms with Gasteiger partial charge in [0.15, 0.2) is 0 Å². The molecule has 9 aromatic rings. The van der Waals surface area contributed by atoms with Gasteiger partial charge in [-0.1, -0.05) is 127 Å². The molecule has 0 radical (unpaired) electrons. The Morgan fingerprint density at radius 1 is 0.297 bits per heavy atom. The first-order chi connectivity index (χ1) is 31.4. The topological polar surface area (TPSA) is 9.72 Å². The molecule has 0 saturated heterocycles. The molecule has 64 heavy (non-hydrogen) atoms. The summed E-state index contributed by atoms with van der Waals surface area (Å²) < 4.78 is 0. The Bertz CT molecular complexity index is 2870. The Hall–Kier alpha value is -7.62. The molecular formula is C61H55N3. The molecule has 0 aromatic heterocycles. The predicted octanol–water partition coefficient (Wildman–Crippen LogP) is 17.0. The molecule has 0 fully saturated rings. The first-order valence-electron chi connectivity index (χ1n) is 22.5. The van der Waals surface area contributed by atoms with Gasteiger partial charge in [0, 0.05) is 51.2 Å². The van der Waals surface area contributed by atoms with Crippen LogP contribution in [0.1, 0.15) is 45.7 Å². The number of hydrogen-bond acceptors (Lipinski definition) is 3. The Morgan fingerprint density at radius 3 is 0.969 bits per heavy atom. The number of para-hydroxylation sites is 3. The van der Waals surface area contributed by atoms with Crippen molar-refractivity contribution in [3.63, 3.8) is 0 Å². The molecule has 0 amide bonds. The van der Waals surface area contributed by atoms with Crippen molar-refractivity contribution in [1.29, 1.82) is 0 Å². The fourth-order valence-corrected chi connectivity index (χ4v) is 8.87. The van der Waals surface area contributed by atoms with E-state index in [-0.39, 0.29) is 0 Å². The second kappa shape index (κ2) is 19.6. The third kappa shape index (κ3) is 9.86. The van der Waals surface area contributed by atoms with E-state index in [0.29, 0.717) is 5.92 Å². The summed E-state index contributed by atoms with van der Waals surface area (Å²) in [5.74, 6) is 0.304. The van der Waals surface area contributed by atoms with Crippen LogP contribution in [-0.4, -0.2) is 0 Å². The Kier molecular flexibility index (Phi) is 12.8. The van der Waals surface area contributed by atoms with Gasteiger partial charge in [-0.25, -0.2) is 0 Å². The fourth-order valence-electron chi connectivity index (χ4n) is 8.87. The summed E-state index contributed by atoms with van der Waals surface area (Å²) >= 11 is 0. The third-order valence-corrected chi connectivity index (χ3v) is 12.1. The van der Waals surface area contributed by atoms with Crippen molar-refractivity contribution in [2.75, 3.05) is 14.7 Å². The second-order valence-electron chi connectivity index (χ2n) is 16.9. The highest BCUT2D eigenvalue weighted by Crippen LogP contribution is 2.39. The van der Waals surface area contributed by atoms with Crippen LogP contribution >= 0.6 is 0 Å². The minimum atomic E-state index is 0.304. The van der Waals surface area contributed by atoms with Crippen molar-refractivity contribution in [2.24, 2.45) is 0 Å². The van der Waals surface area contributed by atoms with Gasteiger partial charge in [-0.05, 0) is 189 Å². The zero-order valence-electron chi connectivity index (χ0n) is 37.1. The van der Waals surface area contributed by atoms with E-state index in [1.165, 1.54) is 33.4 Å². The van der Waals surface area contributed by atoms with Gasteiger partial charge in [-0.2, -0.15) is 0 Å². The number of nitrogens with zero attached hydrogens (tertiary/aromatic N) is 3. The van der Waals surface area contributed by atoms with Crippen molar-refractivity contribution < 1.29 is 0 Å². The normalized spacial score (nSPS) is 11.5. The van der Waals surface area contributed by atoms with Gasteiger partial charge in [0.25, 0.3) is 0 Å². The highest BCUT2D eigenvalue weighted by Gasteiger charge is 2.19. The highest BCUT2D eigenvalue weighted by molar-refractivity contribution is 5.79. The van der Waals surface area contributed by atoms with Crippen LogP contribution in [0.25, 0.3) is 0 Å². The fraction of sp³-hybridized carbons (Fsp3) is 0.115. The molecule has 1 unspecified atom stereocenters. The van der Waals surface area contributed by atoms with Gasteiger partial charge in [-0.3, -0.25) is 0 Å². The first-order valence-corrected chi connectivity index (χ1v) is 22.5. The van der Waals surface area contributed by atoms with Crippen LogP contribution in [0, 0.1) is 20.8 Å². The zero-order chi connectivity index (χ0) is 43.7. The van der Waals surface area contributed by atoms with Gasteiger partial charge in [-0.15, -0.1) is 0 Å². The monoisotopic (exact) mass is 829 g/mol. The van der Waals surface area contributed by atoms with Crippen molar-refractivity contribution in [1.82, 2.24) is 0 Å². The molecule has 0 spiro atoms. The van der Waals surface area contributed by atoms with Gasteiger partial charge in [0.2, 0.25) is 0 Å². The lowest BCUT2D eigenvalue weighted by atomic mass is 9.86. The summed E-state index contributed by atoms with van der Waals surface area (Å²) in [6.07, 6.45) is 2.92. The van der Waals surface area contributed by atoms with E-state index in [2.05, 4.69) is 272 Å². The number of benzene rings is 9. The molecule has 0 N–H and O–H groups in total. The van der Waals surface area contributed by atoms with E-state index in [1.54, 1.807) is 0 Å². The molecule has 0 bridgehead atoms. The average Bonchev–Trinajstić information content (AvgIpc) is 3.33. The molecule has 9 rings (SSSR count). The smallest absolute Gasteiger partial charge is 0.0464 e. The van der Waals surface area contributed by atoms with E-state index >= 15 is 0 Å². The standard InChI is InChI=1S/C61H55N3/c1-46-16-13-25-59(42-46)62(53-19-7-4-8-20-53)56-36-29-49(30-37-56)28-33-52(51-34-40-58(41-35-51)64(55-23-11-6-12-24-55)61-27-15-18-48(3)44-61)45-50-31-38-57(39-32-50)63(54-21-9-5-10-22-54)60-26-14-17-47(2)43-60/h4-27,29-32,34-44,52H,28,33,45H2,1-3H3. The lowest BCUT2D eigenvalue weighted by Crippen LogP contribution is -2.11. The SMILES string of the molecule is Cc1cccc(N(c2ccccc2)c2ccc(CCC(Cc3ccc(N(c4ccccc4)c4cccc(C)c4)cc3)c3ccc(N(c4ccccc4)c4cccc(C)c4)cc3)cc2)c1. The summed E-state index contributed by atoms with van der Waals surface area (Å²) in [5.41, 5.74) is 18.1. The Morgan fingerprint density at radius 2 is 0.609 bits per heavy atom. The van der Waals surface area contributed by atoms with Crippen LogP contribution in [0.3, 0.4) is 0 Å². The Balaban J connectivity index is 1.02. The van der Waals surface area contributed by atoms with Crippen molar-refractivity contribution in [2.45, 2.75) is 46.0 Å². The van der Waals surface area contributed by atoms with Crippen LogP contribution in [-0.2, 0) is 12.8 Å². The highest BCUT2D eigenvalue weighted by atomic mass is 15.2. The van der Waals surface area contributed by atoms with Crippen molar-refractivity contribution >= 4 is 51.2 Å². The van der Waals surface area contributed by atoms with Gasteiger partial charge in [0.1, 0.15) is 0 Å². The van der Waals surface area contributed by atoms with E-state index < -0.39 is 0 Å². The minimum absolute atomic E-state index is 0.304. The number of hydrogen-bond donors (Lipinski definition) is 0. The third-order valence-electron chi connectivity index (χ3n) is 12.1. The summed E-state index contributed by atoms with van der Waals surface area (Å²) in [6.45, 7) is 6.47. The zero-order valence-corrected chi connectivity index (χ0v) is 37.1. The van der Waals surface area contributed by atoms with Crippen LogP contribution in [0.2, 0.25) is 0 Å². The molecule has 0 saturated carbocycles. The van der Waals surface area contributed by atoms with Crippen LogP contribution in [0.15, 0.2) is 237 Å². The number of anilines is 9. The largest absolute Gasteiger partial charge is 0.310 e. The summed E-state index contributed by atoms with van der Waals surface area (Å²) in [4.78, 5) is 7.05. The second-order valence-corrected chi connectivity index (χ2v) is 16.9. The molecule has 314 valence electrons. The molecule has 1 atom stereocenters. The van der Waals surface area contributed by atoms with Crippen LogP contribution in [0.4, 0.5) is 51.2 Å². The molecule has 3 nitrogen and oxygen atoms in total. The minimum Gasteiger partial charge on any atom is -0.310 e. The Labute approximate surface area is 380 Å². The molecular weight excluding hydrogens is 775 g/mol. The summed E-state index contributed by atoms with van der Waals surface area (Å²) in [5, 5.41) is 0. The van der Waals surface area contributed by atoms with Crippen LogP contribution < -0.4 is 14.7 Å². The maximum absolute atomic E-state index is 2.36. The maximum atomic E-state index is 2.36. The van der Waals surface area contributed by atoms with E-state index in [4.69, 9.17) is 0 Å². The molecule has 9 aromatic carbocycles. The van der Waals surface area contributed by atoms with Crippen molar-refractivity contribution in [3.8, 4) is 0 Å². The summed E-state index contributed by atoms with van der Waals surface area (Å²) in [7, 11) is 0. The van der Waals surface area contributed by atoms with Gasteiger partial charge >= 0.3 is 0 Å². The maximum Gasteiger partial charge on any atom is 0.0464 e. The lowest BCUT2D eigenvalue weighted by Gasteiger charge is -2.27. The molecule has 3 heteroatoms.